The molecular formula is C23H23N4O4+. The maximum Gasteiger partial charge on any atom is 0.335 e. The SMILES string of the molecule is COc1ccccc1-n1c(O)c([C@@H]2c3[nH]c4ccccc4c3CC[NH+]2C)c(=O)[nH]c1=O. The summed E-state index contributed by atoms with van der Waals surface area (Å²) >= 11 is 0. The predicted octanol–water partition coefficient (Wildman–Crippen LogP) is 0.881. The summed E-state index contributed by atoms with van der Waals surface area (Å²) in [5.74, 6) is 0.0302. The van der Waals surface area contributed by atoms with E-state index in [2.05, 4.69) is 16.0 Å². The van der Waals surface area contributed by atoms with Gasteiger partial charge in [0.2, 0.25) is 5.88 Å². The number of likely N-dealkylation sites (N-methyl/N-ethyl adjacent to an activating group) is 1. The molecule has 0 spiro atoms. The van der Waals surface area contributed by atoms with E-state index in [-0.39, 0.29) is 11.4 Å². The van der Waals surface area contributed by atoms with Gasteiger partial charge in [0.15, 0.2) is 6.04 Å². The van der Waals surface area contributed by atoms with Crippen molar-refractivity contribution in [3.63, 3.8) is 0 Å². The fourth-order valence-electron chi connectivity index (χ4n) is 4.68. The Bertz CT molecular complexity index is 1420. The number of aromatic amines is 2. The summed E-state index contributed by atoms with van der Waals surface area (Å²) in [7, 11) is 3.47. The molecule has 8 nitrogen and oxygen atoms in total. The van der Waals surface area contributed by atoms with Crippen molar-refractivity contribution < 1.29 is 14.7 Å². The van der Waals surface area contributed by atoms with Gasteiger partial charge in [0, 0.05) is 17.3 Å². The summed E-state index contributed by atoms with van der Waals surface area (Å²) in [5, 5.41) is 12.4. The first-order valence-corrected chi connectivity index (χ1v) is 10.1. The van der Waals surface area contributed by atoms with Crippen LogP contribution in [0.2, 0.25) is 0 Å². The number of quaternary nitrogens is 1. The number of hydrogen-bond donors (Lipinski definition) is 4. The van der Waals surface area contributed by atoms with Crippen LogP contribution in [0.15, 0.2) is 58.1 Å². The highest BCUT2D eigenvalue weighted by molar-refractivity contribution is 5.85. The lowest BCUT2D eigenvalue weighted by atomic mass is 9.94. The number of H-pyrrole nitrogens is 2. The molecule has 158 valence electrons. The van der Waals surface area contributed by atoms with E-state index in [1.54, 1.807) is 24.3 Å². The Morgan fingerprint density at radius 1 is 1.10 bits per heavy atom. The number of nitrogens with one attached hydrogen (secondary N) is 3. The third-order valence-corrected chi connectivity index (χ3v) is 6.13. The molecule has 0 saturated heterocycles. The van der Waals surface area contributed by atoms with Crippen LogP contribution in [0, 0.1) is 0 Å². The number of aromatic nitrogens is 3. The maximum atomic E-state index is 13.0. The Balaban J connectivity index is 1.79. The van der Waals surface area contributed by atoms with Crippen LogP contribution in [0.1, 0.15) is 22.9 Å². The number of benzene rings is 2. The molecule has 0 fully saturated rings. The zero-order valence-corrected chi connectivity index (χ0v) is 17.2. The average Bonchev–Trinajstić information content (AvgIpc) is 3.14. The second-order valence-electron chi connectivity index (χ2n) is 7.85. The van der Waals surface area contributed by atoms with Gasteiger partial charge in [-0.1, -0.05) is 30.3 Å². The van der Waals surface area contributed by atoms with Crippen LogP contribution in [0.4, 0.5) is 0 Å². The van der Waals surface area contributed by atoms with Crippen molar-refractivity contribution in [3.8, 4) is 17.3 Å². The summed E-state index contributed by atoms with van der Waals surface area (Å²) in [5.41, 5.74) is 2.20. The normalized spacial score (nSPS) is 18.1. The van der Waals surface area contributed by atoms with Crippen molar-refractivity contribution in [2.24, 2.45) is 0 Å². The van der Waals surface area contributed by atoms with Crippen molar-refractivity contribution in [1.82, 2.24) is 14.5 Å². The Morgan fingerprint density at radius 3 is 2.65 bits per heavy atom. The van der Waals surface area contributed by atoms with Crippen LogP contribution in [0.25, 0.3) is 16.6 Å². The minimum Gasteiger partial charge on any atom is -0.495 e. The number of aromatic hydroxyl groups is 1. The van der Waals surface area contributed by atoms with Gasteiger partial charge in [-0.2, -0.15) is 0 Å². The van der Waals surface area contributed by atoms with Crippen molar-refractivity contribution in [1.29, 1.82) is 0 Å². The molecule has 2 aromatic carbocycles. The van der Waals surface area contributed by atoms with E-state index in [1.807, 2.05) is 25.2 Å². The predicted molar refractivity (Wildman–Crippen MR) is 116 cm³/mol. The van der Waals surface area contributed by atoms with E-state index >= 15 is 0 Å². The smallest absolute Gasteiger partial charge is 0.335 e. The van der Waals surface area contributed by atoms with Crippen molar-refractivity contribution >= 4 is 10.9 Å². The van der Waals surface area contributed by atoms with Crippen LogP contribution in [-0.4, -0.2) is 40.3 Å². The summed E-state index contributed by atoms with van der Waals surface area (Å²) in [6.45, 7) is 0.784. The van der Waals surface area contributed by atoms with Gasteiger partial charge in [0.25, 0.3) is 5.56 Å². The molecule has 0 bridgehead atoms. The van der Waals surface area contributed by atoms with Gasteiger partial charge >= 0.3 is 5.69 Å². The Morgan fingerprint density at radius 2 is 1.84 bits per heavy atom. The number of nitrogens with zero attached hydrogens (tertiary/aromatic N) is 1. The third kappa shape index (κ3) is 2.87. The first-order valence-electron chi connectivity index (χ1n) is 10.1. The first kappa shape index (κ1) is 19.2. The van der Waals surface area contributed by atoms with Gasteiger partial charge in [-0.3, -0.25) is 9.78 Å². The molecule has 31 heavy (non-hydrogen) atoms. The van der Waals surface area contributed by atoms with Gasteiger partial charge in [0.1, 0.15) is 11.3 Å². The number of rotatable bonds is 3. The highest BCUT2D eigenvalue weighted by Crippen LogP contribution is 2.34. The molecule has 5 rings (SSSR count). The molecule has 2 aromatic heterocycles. The van der Waals surface area contributed by atoms with Crippen LogP contribution in [-0.2, 0) is 6.42 Å². The molecule has 0 saturated carbocycles. The molecule has 0 radical (unpaired) electrons. The molecule has 0 aliphatic carbocycles. The molecular weight excluding hydrogens is 396 g/mol. The van der Waals surface area contributed by atoms with Crippen molar-refractivity contribution in [3.05, 3.63) is 86.2 Å². The van der Waals surface area contributed by atoms with Crippen LogP contribution in [0.3, 0.4) is 0 Å². The topological polar surface area (TPSA) is 105 Å². The molecule has 8 heteroatoms. The van der Waals surface area contributed by atoms with Gasteiger partial charge < -0.3 is 19.7 Å². The maximum absolute atomic E-state index is 13.0. The highest BCUT2D eigenvalue weighted by Gasteiger charge is 2.38. The first-order chi connectivity index (χ1) is 15.0. The van der Waals surface area contributed by atoms with E-state index in [4.69, 9.17) is 4.74 Å². The number of methoxy groups -OCH3 is 1. The molecule has 4 aromatic rings. The monoisotopic (exact) mass is 419 g/mol. The summed E-state index contributed by atoms with van der Waals surface area (Å²) < 4.78 is 6.47. The lowest BCUT2D eigenvalue weighted by molar-refractivity contribution is -0.908. The lowest BCUT2D eigenvalue weighted by Gasteiger charge is -2.30. The zero-order valence-electron chi connectivity index (χ0n) is 17.2. The molecule has 0 amide bonds. The number of ether oxygens (including phenoxy) is 1. The number of para-hydroxylation sites is 3. The van der Waals surface area contributed by atoms with E-state index in [0.29, 0.717) is 11.4 Å². The second-order valence-corrected chi connectivity index (χ2v) is 7.85. The Labute approximate surface area is 177 Å². The number of hydrogen-bond acceptors (Lipinski definition) is 4. The van der Waals surface area contributed by atoms with Crippen LogP contribution in [0.5, 0.6) is 11.6 Å². The van der Waals surface area contributed by atoms with E-state index < -0.39 is 17.3 Å². The standard InChI is InChI=1S/C23H22N4O4/c1-26-12-11-14-13-7-3-4-8-15(13)24-19(14)20(26)18-21(28)25-23(30)27(22(18)29)16-9-5-6-10-17(16)31-2/h3-10,20,24,29H,11-12H2,1-2H3,(H,25,28,30)/p+1/t20-/m1/s1. The zero-order chi connectivity index (χ0) is 21.7. The molecule has 1 aliphatic rings. The van der Waals surface area contributed by atoms with Crippen molar-refractivity contribution in [2.75, 3.05) is 20.7 Å². The van der Waals surface area contributed by atoms with Gasteiger partial charge in [-0.25, -0.2) is 9.36 Å². The van der Waals surface area contributed by atoms with Crippen molar-refractivity contribution in [2.45, 2.75) is 12.5 Å². The molecule has 3 heterocycles. The quantitative estimate of drug-likeness (QED) is 0.396. The average molecular weight is 419 g/mol. The van der Waals surface area contributed by atoms with Crippen LogP contribution < -0.4 is 20.9 Å². The number of fused-ring (bicyclic) bond motifs is 3. The molecule has 4 N–H and O–H groups in total. The minimum atomic E-state index is -0.721. The minimum absolute atomic E-state index is 0.149. The van der Waals surface area contributed by atoms with Crippen LogP contribution >= 0.6 is 0 Å². The second kappa shape index (κ2) is 7.17. The Hall–Kier alpha value is -3.78. The fourth-order valence-corrected chi connectivity index (χ4v) is 4.68. The van der Waals surface area contributed by atoms with E-state index in [9.17, 15) is 14.7 Å². The van der Waals surface area contributed by atoms with Gasteiger partial charge in [-0.05, 0) is 23.8 Å². The van der Waals surface area contributed by atoms with Gasteiger partial charge in [0.05, 0.1) is 32.1 Å². The summed E-state index contributed by atoms with van der Waals surface area (Å²) in [6, 6.07) is 14.4. The van der Waals surface area contributed by atoms with E-state index in [0.717, 1.165) is 44.6 Å². The summed E-state index contributed by atoms with van der Waals surface area (Å²) in [6.07, 6.45) is 0.854. The Kier molecular flexibility index (Phi) is 4.44. The molecule has 1 unspecified atom stereocenters. The largest absolute Gasteiger partial charge is 0.495 e. The van der Waals surface area contributed by atoms with Gasteiger partial charge in [-0.15, -0.1) is 0 Å². The van der Waals surface area contributed by atoms with E-state index in [1.165, 1.54) is 7.11 Å². The fraction of sp³-hybridized carbons (Fsp3) is 0.217. The lowest BCUT2D eigenvalue weighted by Crippen LogP contribution is -3.10. The summed E-state index contributed by atoms with van der Waals surface area (Å²) in [4.78, 5) is 32.6. The highest BCUT2D eigenvalue weighted by atomic mass is 16.5. The third-order valence-electron chi connectivity index (χ3n) is 6.13. The molecule has 1 aliphatic heterocycles. The molecule has 2 atom stereocenters.